The van der Waals surface area contributed by atoms with Gasteiger partial charge in [0.2, 0.25) is 0 Å². The Morgan fingerprint density at radius 2 is 1.68 bits per heavy atom. The van der Waals surface area contributed by atoms with Gasteiger partial charge in [-0.1, -0.05) is 0 Å². The summed E-state index contributed by atoms with van der Waals surface area (Å²) in [5.74, 6) is 2.41. The number of rotatable bonds is 3. The van der Waals surface area contributed by atoms with Gasteiger partial charge in [0.15, 0.2) is 11.5 Å². The Morgan fingerprint density at radius 1 is 0.964 bits per heavy atom. The molecule has 0 amide bonds. The van der Waals surface area contributed by atoms with Gasteiger partial charge >= 0.3 is 0 Å². The van der Waals surface area contributed by atoms with E-state index in [1.54, 1.807) is 6.20 Å². The van der Waals surface area contributed by atoms with Crippen molar-refractivity contribution in [3.8, 4) is 11.9 Å². The Morgan fingerprint density at radius 3 is 2.36 bits per heavy atom. The third kappa shape index (κ3) is 3.39. The van der Waals surface area contributed by atoms with Crippen molar-refractivity contribution in [2.45, 2.75) is 20.8 Å². The van der Waals surface area contributed by atoms with Crippen molar-refractivity contribution >= 4 is 11.5 Å². The summed E-state index contributed by atoms with van der Waals surface area (Å²) in [6, 6.07) is 10.0. The van der Waals surface area contributed by atoms with Crippen LogP contribution in [0.15, 0.2) is 30.5 Å². The van der Waals surface area contributed by atoms with Gasteiger partial charge in [-0.2, -0.15) is 10.4 Å². The average Bonchev–Trinajstić information content (AvgIpc) is 3.05. The first-order valence-corrected chi connectivity index (χ1v) is 9.29. The molecule has 0 spiro atoms. The van der Waals surface area contributed by atoms with Crippen molar-refractivity contribution in [3.05, 3.63) is 53.4 Å². The number of piperazine rings is 1. The maximum atomic E-state index is 9.30. The van der Waals surface area contributed by atoms with Crippen LogP contribution in [0, 0.1) is 32.1 Å². The molecular formula is C20H22N8. The van der Waals surface area contributed by atoms with Crippen LogP contribution >= 0.6 is 0 Å². The SMILES string of the molecule is Cc1cc(C)n(-c2cc(N3CCN(c4cccnc4C#N)CC3)nc(C)n2)n1. The summed E-state index contributed by atoms with van der Waals surface area (Å²) in [5, 5.41) is 13.8. The molecule has 4 heterocycles. The van der Waals surface area contributed by atoms with Crippen LogP contribution in [0.25, 0.3) is 5.82 Å². The van der Waals surface area contributed by atoms with Crippen molar-refractivity contribution in [1.82, 2.24) is 24.7 Å². The highest BCUT2D eigenvalue weighted by molar-refractivity contribution is 5.57. The van der Waals surface area contributed by atoms with Gasteiger partial charge in [-0.25, -0.2) is 19.6 Å². The molecule has 8 heteroatoms. The zero-order valence-corrected chi connectivity index (χ0v) is 16.3. The Balaban J connectivity index is 1.55. The second-order valence-electron chi connectivity index (χ2n) is 6.93. The van der Waals surface area contributed by atoms with E-state index in [4.69, 9.17) is 0 Å². The van der Waals surface area contributed by atoms with E-state index in [9.17, 15) is 5.26 Å². The summed E-state index contributed by atoms with van der Waals surface area (Å²) in [4.78, 5) is 17.8. The fourth-order valence-corrected chi connectivity index (χ4v) is 3.58. The van der Waals surface area contributed by atoms with E-state index in [0.717, 1.165) is 60.7 Å². The fourth-order valence-electron chi connectivity index (χ4n) is 3.58. The normalized spacial score (nSPS) is 14.2. The molecule has 0 N–H and O–H groups in total. The number of anilines is 2. The lowest BCUT2D eigenvalue weighted by molar-refractivity contribution is 0.643. The van der Waals surface area contributed by atoms with Crippen LogP contribution in [0.1, 0.15) is 22.9 Å². The van der Waals surface area contributed by atoms with E-state index in [-0.39, 0.29) is 0 Å². The smallest absolute Gasteiger partial charge is 0.163 e. The molecule has 0 unspecified atom stereocenters. The molecule has 8 nitrogen and oxygen atoms in total. The van der Waals surface area contributed by atoms with E-state index in [1.165, 1.54) is 0 Å². The second-order valence-corrected chi connectivity index (χ2v) is 6.93. The number of nitrogens with zero attached hydrogens (tertiary/aromatic N) is 8. The molecule has 3 aromatic rings. The van der Waals surface area contributed by atoms with E-state index < -0.39 is 0 Å². The van der Waals surface area contributed by atoms with Crippen molar-refractivity contribution in [1.29, 1.82) is 5.26 Å². The number of pyridine rings is 1. The summed E-state index contributed by atoms with van der Waals surface area (Å²) in [6.07, 6.45) is 1.66. The van der Waals surface area contributed by atoms with Gasteiger partial charge in [-0.3, -0.25) is 0 Å². The third-order valence-electron chi connectivity index (χ3n) is 4.87. The van der Waals surface area contributed by atoms with Gasteiger partial charge < -0.3 is 9.80 Å². The average molecular weight is 374 g/mol. The minimum absolute atomic E-state index is 0.473. The predicted octanol–water partition coefficient (Wildman–Crippen LogP) is 2.18. The lowest BCUT2D eigenvalue weighted by atomic mass is 10.2. The fraction of sp³-hybridized carbons (Fsp3) is 0.350. The van der Waals surface area contributed by atoms with Gasteiger partial charge in [0.1, 0.15) is 17.7 Å². The molecule has 0 aliphatic carbocycles. The van der Waals surface area contributed by atoms with Crippen LogP contribution in [0.4, 0.5) is 11.5 Å². The molecule has 0 atom stereocenters. The highest BCUT2D eigenvalue weighted by Crippen LogP contribution is 2.23. The van der Waals surface area contributed by atoms with Crippen molar-refractivity contribution < 1.29 is 0 Å². The monoisotopic (exact) mass is 374 g/mol. The molecule has 0 radical (unpaired) electrons. The molecule has 3 aromatic heterocycles. The second kappa shape index (κ2) is 7.27. The van der Waals surface area contributed by atoms with Crippen LogP contribution in [0.5, 0.6) is 0 Å². The predicted molar refractivity (Wildman–Crippen MR) is 107 cm³/mol. The van der Waals surface area contributed by atoms with Crippen LogP contribution in [-0.2, 0) is 0 Å². The van der Waals surface area contributed by atoms with Crippen molar-refractivity contribution in [2.24, 2.45) is 0 Å². The number of hydrogen-bond donors (Lipinski definition) is 0. The molecule has 28 heavy (non-hydrogen) atoms. The topological polar surface area (TPSA) is 86.8 Å². The zero-order valence-electron chi connectivity index (χ0n) is 16.3. The number of hydrogen-bond acceptors (Lipinski definition) is 7. The molecule has 1 aliphatic heterocycles. The molecular weight excluding hydrogens is 352 g/mol. The molecule has 0 aromatic carbocycles. The maximum absolute atomic E-state index is 9.30. The highest BCUT2D eigenvalue weighted by atomic mass is 15.3. The molecule has 1 aliphatic rings. The first kappa shape index (κ1) is 17.9. The minimum Gasteiger partial charge on any atom is -0.366 e. The van der Waals surface area contributed by atoms with Crippen molar-refractivity contribution in [3.63, 3.8) is 0 Å². The van der Waals surface area contributed by atoms with E-state index in [2.05, 4.69) is 35.9 Å². The largest absolute Gasteiger partial charge is 0.366 e. The minimum atomic E-state index is 0.473. The summed E-state index contributed by atoms with van der Waals surface area (Å²) in [6.45, 7) is 9.14. The summed E-state index contributed by atoms with van der Waals surface area (Å²) in [7, 11) is 0. The van der Waals surface area contributed by atoms with Gasteiger partial charge in [0.05, 0.1) is 11.4 Å². The quantitative estimate of drug-likeness (QED) is 0.694. The molecule has 0 bridgehead atoms. The highest BCUT2D eigenvalue weighted by Gasteiger charge is 2.21. The summed E-state index contributed by atoms with van der Waals surface area (Å²) in [5.41, 5.74) is 3.38. The lowest BCUT2D eigenvalue weighted by Gasteiger charge is -2.36. The standard InChI is InChI=1S/C20H22N8/c1-14-11-15(2)28(25-14)20-12-19(23-16(3)24-20)27-9-7-26(8-10-27)18-5-4-6-22-17(18)13-21/h4-6,11-12H,7-10H2,1-3H3. The lowest BCUT2D eigenvalue weighted by Crippen LogP contribution is -2.47. The molecule has 0 saturated carbocycles. The van der Waals surface area contributed by atoms with Crippen LogP contribution < -0.4 is 9.80 Å². The molecule has 1 saturated heterocycles. The Bertz CT molecular complexity index is 1040. The van der Waals surface area contributed by atoms with Gasteiger partial charge in [0.25, 0.3) is 0 Å². The van der Waals surface area contributed by atoms with Crippen LogP contribution in [0.2, 0.25) is 0 Å². The Kier molecular flexibility index (Phi) is 4.65. The summed E-state index contributed by atoms with van der Waals surface area (Å²) < 4.78 is 1.86. The van der Waals surface area contributed by atoms with E-state index >= 15 is 0 Å². The molecule has 4 rings (SSSR count). The maximum Gasteiger partial charge on any atom is 0.163 e. The first-order chi connectivity index (χ1) is 13.5. The Labute approximate surface area is 164 Å². The first-order valence-electron chi connectivity index (χ1n) is 9.29. The number of aryl methyl sites for hydroxylation is 3. The summed E-state index contributed by atoms with van der Waals surface area (Å²) >= 11 is 0. The van der Waals surface area contributed by atoms with Gasteiger partial charge in [-0.05, 0) is 39.0 Å². The van der Waals surface area contributed by atoms with E-state index in [1.807, 2.05) is 49.7 Å². The van der Waals surface area contributed by atoms with Gasteiger partial charge in [-0.15, -0.1) is 0 Å². The van der Waals surface area contributed by atoms with Crippen molar-refractivity contribution in [2.75, 3.05) is 36.0 Å². The van der Waals surface area contributed by atoms with Crippen LogP contribution in [-0.4, -0.2) is 50.9 Å². The Hall–Kier alpha value is -3.47. The molecule has 1 fully saturated rings. The molecule has 142 valence electrons. The zero-order chi connectivity index (χ0) is 19.7. The van der Waals surface area contributed by atoms with Crippen LogP contribution in [0.3, 0.4) is 0 Å². The third-order valence-corrected chi connectivity index (χ3v) is 4.87. The van der Waals surface area contributed by atoms with E-state index in [0.29, 0.717) is 5.69 Å². The van der Waals surface area contributed by atoms with Gasteiger partial charge in [0, 0.05) is 44.1 Å². The number of aromatic nitrogens is 5. The number of nitriles is 1.